The minimum atomic E-state index is -0.334. The first-order valence-electron chi connectivity index (χ1n) is 7.57. The fourth-order valence-electron chi connectivity index (χ4n) is 2.58. The van der Waals surface area contributed by atoms with Gasteiger partial charge in [-0.25, -0.2) is 4.39 Å². The summed E-state index contributed by atoms with van der Waals surface area (Å²) >= 11 is 0. The van der Waals surface area contributed by atoms with Crippen LogP contribution in [0.25, 0.3) is 0 Å². The summed E-state index contributed by atoms with van der Waals surface area (Å²) in [5.74, 6) is -0.276. The number of likely N-dealkylation sites (N-methyl/N-ethyl adjacent to an activating group) is 1. The van der Waals surface area contributed by atoms with Crippen molar-refractivity contribution in [1.29, 1.82) is 0 Å². The fraction of sp³-hybridized carbons (Fsp3) is 0.500. The average molecular weight is 307 g/mol. The van der Waals surface area contributed by atoms with Crippen LogP contribution in [-0.2, 0) is 16.0 Å². The lowest BCUT2D eigenvalue weighted by Gasteiger charge is -2.32. The summed E-state index contributed by atoms with van der Waals surface area (Å²) in [5.41, 5.74) is 1.03. The quantitative estimate of drug-likeness (QED) is 0.841. The number of carbonyl (C=O) groups excluding carboxylic acids is 2. The molecule has 0 bridgehead atoms. The zero-order valence-electron chi connectivity index (χ0n) is 12.8. The van der Waals surface area contributed by atoms with Crippen LogP contribution in [0.5, 0.6) is 0 Å². The van der Waals surface area contributed by atoms with Crippen molar-refractivity contribution < 1.29 is 14.0 Å². The number of halogens is 1. The van der Waals surface area contributed by atoms with Crippen LogP contribution in [0, 0.1) is 5.82 Å². The Balaban J connectivity index is 1.77. The second kappa shape index (κ2) is 7.89. The van der Waals surface area contributed by atoms with Crippen LogP contribution in [0.1, 0.15) is 18.4 Å². The van der Waals surface area contributed by atoms with Crippen molar-refractivity contribution in [3.05, 3.63) is 35.6 Å². The van der Waals surface area contributed by atoms with Gasteiger partial charge in [0.15, 0.2) is 0 Å². The Labute approximate surface area is 129 Å². The third-order valence-electron chi connectivity index (χ3n) is 3.86. The lowest BCUT2D eigenvalue weighted by Crippen LogP contribution is -2.57. The number of carbonyl (C=O) groups is 2. The summed E-state index contributed by atoms with van der Waals surface area (Å²) in [6.07, 6.45) is 1.91. The maximum atomic E-state index is 12.8. The molecule has 2 amide bonds. The van der Waals surface area contributed by atoms with Gasteiger partial charge in [-0.2, -0.15) is 0 Å². The van der Waals surface area contributed by atoms with Gasteiger partial charge in [0, 0.05) is 33.1 Å². The molecule has 2 N–H and O–H groups in total. The van der Waals surface area contributed by atoms with Crippen molar-refractivity contribution in [3.8, 4) is 0 Å². The van der Waals surface area contributed by atoms with E-state index < -0.39 is 0 Å². The number of piperazine rings is 1. The molecule has 2 rings (SSSR count). The third kappa shape index (κ3) is 4.53. The van der Waals surface area contributed by atoms with E-state index in [4.69, 9.17) is 0 Å². The van der Waals surface area contributed by atoms with Gasteiger partial charge in [-0.1, -0.05) is 12.1 Å². The molecule has 0 spiro atoms. The predicted molar refractivity (Wildman–Crippen MR) is 81.8 cm³/mol. The zero-order chi connectivity index (χ0) is 15.9. The molecule has 0 aliphatic carbocycles. The Morgan fingerprint density at radius 2 is 2.09 bits per heavy atom. The Bertz CT molecular complexity index is 519. The summed E-state index contributed by atoms with van der Waals surface area (Å²) in [4.78, 5) is 25.6. The molecular weight excluding hydrogens is 285 g/mol. The van der Waals surface area contributed by atoms with Crippen LogP contribution >= 0.6 is 0 Å². The third-order valence-corrected chi connectivity index (χ3v) is 3.86. The Kier molecular flexibility index (Phi) is 5.89. The van der Waals surface area contributed by atoms with Gasteiger partial charge in [0.25, 0.3) is 0 Å². The van der Waals surface area contributed by atoms with Gasteiger partial charge in [0.2, 0.25) is 11.8 Å². The van der Waals surface area contributed by atoms with Crippen molar-refractivity contribution in [3.63, 3.8) is 0 Å². The first-order chi connectivity index (χ1) is 10.6. The van der Waals surface area contributed by atoms with Crippen LogP contribution in [0.15, 0.2) is 24.3 Å². The van der Waals surface area contributed by atoms with E-state index in [2.05, 4.69) is 10.6 Å². The Hall–Kier alpha value is -1.95. The van der Waals surface area contributed by atoms with Crippen molar-refractivity contribution in [2.45, 2.75) is 25.3 Å². The number of nitrogens with one attached hydrogen (secondary N) is 2. The second-order valence-electron chi connectivity index (χ2n) is 5.44. The molecule has 1 aromatic rings. The summed E-state index contributed by atoms with van der Waals surface area (Å²) in [6, 6.07) is 6.02. The van der Waals surface area contributed by atoms with Gasteiger partial charge in [0.1, 0.15) is 11.9 Å². The highest BCUT2D eigenvalue weighted by atomic mass is 19.1. The van der Waals surface area contributed by atoms with Crippen LogP contribution < -0.4 is 10.6 Å². The number of rotatable bonds is 5. The number of nitrogens with zero attached hydrogens (tertiary/aromatic N) is 1. The molecule has 5 nitrogen and oxygen atoms in total. The van der Waals surface area contributed by atoms with Gasteiger partial charge in [0.05, 0.1) is 0 Å². The zero-order valence-corrected chi connectivity index (χ0v) is 12.8. The Morgan fingerprint density at radius 3 is 2.77 bits per heavy atom. The maximum absolute atomic E-state index is 12.8. The molecule has 6 heteroatoms. The topological polar surface area (TPSA) is 61.4 Å². The number of aryl methyl sites for hydroxylation is 1. The van der Waals surface area contributed by atoms with Crippen LogP contribution in [0.3, 0.4) is 0 Å². The summed E-state index contributed by atoms with van der Waals surface area (Å²) in [6.45, 7) is 1.67. The van der Waals surface area contributed by atoms with Crippen molar-refractivity contribution in [2.24, 2.45) is 0 Å². The van der Waals surface area contributed by atoms with Gasteiger partial charge in [-0.15, -0.1) is 0 Å². The van der Waals surface area contributed by atoms with Gasteiger partial charge >= 0.3 is 0 Å². The molecular formula is C16H22FN3O2. The highest BCUT2D eigenvalue weighted by Gasteiger charge is 2.26. The highest BCUT2D eigenvalue weighted by molar-refractivity contribution is 5.83. The Morgan fingerprint density at radius 1 is 1.36 bits per heavy atom. The second-order valence-corrected chi connectivity index (χ2v) is 5.44. The number of amides is 2. The standard InChI is InChI=1S/C16H22FN3O2/c1-18-16(22)14-11-20(10-9-19-14)15(21)4-2-3-12-5-7-13(17)8-6-12/h5-8,14,19H,2-4,9-11H2,1H3,(H,18,22). The van der Waals surface area contributed by atoms with Crippen LogP contribution in [0.2, 0.25) is 0 Å². The average Bonchev–Trinajstić information content (AvgIpc) is 2.56. The van der Waals surface area contributed by atoms with Crippen molar-refractivity contribution in [2.75, 3.05) is 26.7 Å². The monoisotopic (exact) mass is 307 g/mol. The van der Waals surface area contributed by atoms with E-state index in [9.17, 15) is 14.0 Å². The number of benzene rings is 1. The van der Waals surface area contributed by atoms with E-state index in [0.717, 1.165) is 18.4 Å². The van der Waals surface area contributed by atoms with Gasteiger partial charge in [-0.05, 0) is 30.5 Å². The van der Waals surface area contributed by atoms with E-state index in [1.165, 1.54) is 12.1 Å². The highest BCUT2D eigenvalue weighted by Crippen LogP contribution is 2.09. The van der Waals surface area contributed by atoms with E-state index in [0.29, 0.717) is 26.1 Å². The lowest BCUT2D eigenvalue weighted by molar-refractivity contribution is -0.134. The predicted octanol–water partition coefficient (Wildman–Crippen LogP) is 0.695. The SMILES string of the molecule is CNC(=O)C1CN(C(=O)CCCc2ccc(F)cc2)CCN1. The van der Waals surface area contributed by atoms with E-state index in [1.807, 2.05) is 0 Å². The van der Waals surface area contributed by atoms with Gasteiger partial charge in [-0.3, -0.25) is 9.59 Å². The summed E-state index contributed by atoms with van der Waals surface area (Å²) in [5, 5.41) is 5.69. The first kappa shape index (κ1) is 16.4. The summed E-state index contributed by atoms with van der Waals surface area (Å²) < 4.78 is 12.8. The van der Waals surface area contributed by atoms with E-state index in [-0.39, 0.29) is 23.7 Å². The molecule has 120 valence electrons. The van der Waals surface area contributed by atoms with E-state index >= 15 is 0 Å². The molecule has 0 radical (unpaired) electrons. The molecule has 0 aromatic heterocycles. The maximum Gasteiger partial charge on any atom is 0.238 e. The number of hydrogen-bond donors (Lipinski definition) is 2. The minimum Gasteiger partial charge on any atom is -0.358 e. The minimum absolute atomic E-state index is 0.0671. The first-order valence-corrected chi connectivity index (χ1v) is 7.57. The van der Waals surface area contributed by atoms with E-state index in [1.54, 1.807) is 24.1 Å². The van der Waals surface area contributed by atoms with Crippen LogP contribution in [0.4, 0.5) is 4.39 Å². The smallest absolute Gasteiger partial charge is 0.238 e. The lowest BCUT2D eigenvalue weighted by atomic mass is 10.1. The molecule has 22 heavy (non-hydrogen) atoms. The molecule has 0 saturated carbocycles. The largest absolute Gasteiger partial charge is 0.358 e. The molecule has 1 aliphatic heterocycles. The number of hydrogen-bond acceptors (Lipinski definition) is 3. The molecule has 1 saturated heterocycles. The normalized spacial score (nSPS) is 18.1. The molecule has 1 unspecified atom stereocenters. The molecule has 1 aromatic carbocycles. The fourth-order valence-corrected chi connectivity index (χ4v) is 2.58. The molecule has 1 aliphatic rings. The molecule has 1 atom stereocenters. The van der Waals surface area contributed by atoms with Crippen molar-refractivity contribution >= 4 is 11.8 Å². The van der Waals surface area contributed by atoms with Crippen LogP contribution in [-0.4, -0.2) is 49.4 Å². The van der Waals surface area contributed by atoms with Gasteiger partial charge < -0.3 is 15.5 Å². The molecule has 1 heterocycles. The molecule has 1 fully saturated rings. The summed E-state index contributed by atoms with van der Waals surface area (Å²) in [7, 11) is 1.59. The van der Waals surface area contributed by atoms with Crippen molar-refractivity contribution in [1.82, 2.24) is 15.5 Å².